The van der Waals surface area contributed by atoms with Crippen LogP contribution in [0.2, 0.25) is 0 Å². The second-order valence-corrected chi connectivity index (χ2v) is 5.91. The van der Waals surface area contributed by atoms with Crippen molar-refractivity contribution in [1.29, 1.82) is 0 Å². The number of aryl methyl sites for hydroxylation is 1. The Bertz CT molecular complexity index is 350. The van der Waals surface area contributed by atoms with Crippen molar-refractivity contribution in [1.82, 2.24) is 0 Å². The van der Waals surface area contributed by atoms with Crippen LogP contribution in [0, 0.1) is 0 Å². The molecule has 0 saturated heterocycles. The summed E-state index contributed by atoms with van der Waals surface area (Å²) in [6.07, 6.45) is 9.89. The molecule has 1 aliphatic rings. The molecule has 1 fully saturated rings. The van der Waals surface area contributed by atoms with Crippen LogP contribution >= 0.6 is 0 Å². The molecule has 19 heavy (non-hydrogen) atoms. The standard InChI is InChI=1S/C17H28N2/c1-2-3-4-5-14-6-10-16(11-7-14)19-17-12-8-15(18)9-13-17/h6-7,10-11,15,17,19H,2-5,8-9,12-13,18H2,1H3. The SMILES string of the molecule is CCCCCc1ccc(NC2CCC(N)CC2)cc1. The van der Waals surface area contributed by atoms with Crippen LogP contribution in [-0.2, 0) is 6.42 Å². The van der Waals surface area contributed by atoms with Crippen molar-refractivity contribution >= 4 is 5.69 Å². The molecule has 0 atom stereocenters. The van der Waals surface area contributed by atoms with Gasteiger partial charge in [-0.25, -0.2) is 0 Å². The maximum absolute atomic E-state index is 5.94. The van der Waals surface area contributed by atoms with Gasteiger partial charge in [0.1, 0.15) is 0 Å². The summed E-state index contributed by atoms with van der Waals surface area (Å²) in [6, 6.07) is 10.1. The van der Waals surface area contributed by atoms with Crippen molar-refractivity contribution < 1.29 is 0 Å². The molecule has 1 aromatic rings. The first-order chi connectivity index (χ1) is 9.28. The third-order valence-electron chi connectivity index (χ3n) is 4.17. The van der Waals surface area contributed by atoms with Gasteiger partial charge in [-0.3, -0.25) is 0 Å². The number of nitrogens with one attached hydrogen (secondary N) is 1. The van der Waals surface area contributed by atoms with E-state index in [0.29, 0.717) is 12.1 Å². The summed E-state index contributed by atoms with van der Waals surface area (Å²) < 4.78 is 0. The second kappa shape index (κ2) is 7.54. The van der Waals surface area contributed by atoms with E-state index in [1.165, 1.54) is 49.8 Å². The fourth-order valence-electron chi connectivity index (χ4n) is 2.85. The lowest BCUT2D eigenvalue weighted by molar-refractivity contribution is 0.411. The molecule has 0 bridgehead atoms. The second-order valence-electron chi connectivity index (χ2n) is 5.91. The maximum Gasteiger partial charge on any atom is 0.0342 e. The molecule has 0 aromatic heterocycles. The average molecular weight is 260 g/mol. The van der Waals surface area contributed by atoms with Crippen LogP contribution in [0.5, 0.6) is 0 Å². The minimum absolute atomic E-state index is 0.430. The number of unbranched alkanes of at least 4 members (excludes halogenated alkanes) is 2. The van der Waals surface area contributed by atoms with Gasteiger partial charge in [-0.1, -0.05) is 31.9 Å². The molecule has 3 N–H and O–H groups in total. The monoisotopic (exact) mass is 260 g/mol. The van der Waals surface area contributed by atoms with E-state index in [1.807, 2.05) is 0 Å². The zero-order valence-electron chi connectivity index (χ0n) is 12.2. The Hall–Kier alpha value is -1.02. The normalized spacial score (nSPS) is 23.3. The van der Waals surface area contributed by atoms with Crippen LogP contribution in [0.25, 0.3) is 0 Å². The third-order valence-corrected chi connectivity index (χ3v) is 4.17. The number of rotatable bonds is 6. The van der Waals surface area contributed by atoms with Gasteiger partial charge in [0.25, 0.3) is 0 Å². The molecular formula is C17H28N2. The Labute approximate surface area is 117 Å². The molecule has 0 unspecified atom stereocenters. The highest BCUT2D eigenvalue weighted by molar-refractivity contribution is 5.45. The van der Waals surface area contributed by atoms with Crippen molar-refractivity contribution in [3.05, 3.63) is 29.8 Å². The van der Waals surface area contributed by atoms with E-state index in [2.05, 4.69) is 36.5 Å². The van der Waals surface area contributed by atoms with Gasteiger partial charge in [0, 0.05) is 17.8 Å². The van der Waals surface area contributed by atoms with E-state index in [0.717, 1.165) is 12.8 Å². The first-order valence-corrected chi connectivity index (χ1v) is 7.89. The Kier molecular flexibility index (Phi) is 5.71. The fourth-order valence-corrected chi connectivity index (χ4v) is 2.85. The molecule has 106 valence electrons. The largest absolute Gasteiger partial charge is 0.382 e. The molecule has 2 heteroatoms. The smallest absolute Gasteiger partial charge is 0.0342 e. The van der Waals surface area contributed by atoms with Gasteiger partial charge in [-0.05, 0) is 56.2 Å². The van der Waals surface area contributed by atoms with Crippen molar-refractivity contribution in [3.8, 4) is 0 Å². The molecule has 1 aliphatic carbocycles. The van der Waals surface area contributed by atoms with Gasteiger partial charge < -0.3 is 11.1 Å². The van der Waals surface area contributed by atoms with Gasteiger partial charge in [-0.15, -0.1) is 0 Å². The van der Waals surface area contributed by atoms with Gasteiger partial charge in [-0.2, -0.15) is 0 Å². The van der Waals surface area contributed by atoms with Gasteiger partial charge in [0.05, 0.1) is 0 Å². The predicted molar refractivity (Wildman–Crippen MR) is 83.5 cm³/mol. The number of hydrogen-bond acceptors (Lipinski definition) is 2. The van der Waals surface area contributed by atoms with E-state index in [-0.39, 0.29) is 0 Å². The molecule has 1 saturated carbocycles. The highest BCUT2D eigenvalue weighted by atomic mass is 14.9. The number of nitrogens with two attached hydrogens (primary N) is 1. The highest BCUT2D eigenvalue weighted by Crippen LogP contribution is 2.21. The van der Waals surface area contributed by atoms with Crippen LogP contribution in [0.4, 0.5) is 5.69 Å². The molecule has 0 aliphatic heterocycles. The van der Waals surface area contributed by atoms with Crippen LogP contribution in [0.15, 0.2) is 24.3 Å². The molecule has 2 rings (SSSR count). The average Bonchev–Trinajstić information content (AvgIpc) is 2.44. The molecule has 1 aromatic carbocycles. The minimum Gasteiger partial charge on any atom is -0.382 e. The zero-order chi connectivity index (χ0) is 13.5. The number of benzene rings is 1. The fraction of sp³-hybridized carbons (Fsp3) is 0.647. The first-order valence-electron chi connectivity index (χ1n) is 7.89. The summed E-state index contributed by atoms with van der Waals surface area (Å²) in [5.41, 5.74) is 8.67. The van der Waals surface area contributed by atoms with Gasteiger partial charge in [0.15, 0.2) is 0 Å². The summed E-state index contributed by atoms with van der Waals surface area (Å²) >= 11 is 0. The van der Waals surface area contributed by atoms with Crippen molar-refractivity contribution in [2.24, 2.45) is 5.73 Å². The molecule has 0 heterocycles. The van der Waals surface area contributed by atoms with Gasteiger partial charge in [0.2, 0.25) is 0 Å². The summed E-state index contributed by atoms with van der Waals surface area (Å²) in [6.45, 7) is 2.25. The third kappa shape index (κ3) is 4.87. The van der Waals surface area contributed by atoms with Gasteiger partial charge >= 0.3 is 0 Å². The Morgan fingerprint density at radius 2 is 1.74 bits per heavy atom. The topological polar surface area (TPSA) is 38.0 Å². The van der Waals surface area contributed by atoms with E-state index in [9.17, 15) is 0 Å². The molecule has 2 nitrogen and oxygen atoms in total. The lowest BCUT2D eigenvalue weighted by Gasteiger charge is -2.27. The Balaban J connectivity index is 1.78. The summed E-state index contributed by atoms with van der Waals surface area (Å²) in [5.74, 6) is 0. The number of anilines is 1. The van der Waals surface area contributed by atoms with E-state index in [4.69, 9.17) is 5.73 Å². The van der Waals surface area contributed by atoms with Crippen LogP contribution in [0.3, 0.4) is 0 Å². The van der Waals surface area contributed by atoms with Crippen molar-refractivity contribution in [2.45, 2.75) is 70.4 Å². The van der Waals surface area contributed by atoms with Crippen LogP contribution in [0.1, 0.15) is 57.4 Å². The molecule has 0 spiro atoms. The Morgan fingerprint density at radius 1 is 1.05 bits per heavy atom. The molecule has 0 radical (unpaired) electrons. The molecule has 0 amide bonds. The molecular weight excluding hydrogens is 232 g/mol. The summed E-state index contributed by atoms with van der Waals surface area (Å²) in [4.78, 5) is 0. The van der Waals surface area contributed by atoms with Crippen LogP contribution in [-0.4, -0.2) is 12.1 Å². The first kappa shape index (κ1) is 14.4. The maximum atomic E-state index is 5.94. The summed E-state index contributed by atoms with van der Waals surface area (Å²) in [5, 5.41) is 3.64. The quantitative estimate of drug-likeness (QED) is 0.756. The van der Waals surface area contributed by atoms with Crippen LogP contribution < -0.4 is 11.1 Å². The minimum atomic E-state index is 0.430. The van der Waals surface area contributed by atoms with Crippen molar-refractivity contribution in [3.63, 3.8) is 0 Å². The van der Waals surface area contributed by atoms with E-state index < -0.39 is 0 Å². The lowest BCUT2D eigenvalue weighted by Crippen LogP contribution is -2.32. The van der Waals surface area contributed by atoms with E-state index >= 15 is 0 Å². The predicted octanol–water partition coefficient (Wildman–Crippen LogP) is 4.10. The van der Waals surface area contributed by atoms with E-state index in [1.54, 1.807) is 0 Å². The summed E-state index contributed by atoms with van der Waals surface area (Å²) in [7, 11) is 0. The number of hydrogen-bond donors (Lipinski definition) is 2. The highest BCUT2D eigenvalue weighted by Gasteiger charge is 2.17. The Morgan fingerprint density at radius 3 is 2.37 bits per heavy atom. The zero-order valence-corrected chi connectivity index (χ0v) is 12.2. The lowest BCUT2D eigenvalue weighted by atomic mass is 9.91. The van der Waals surface area contributed by atoms with Crippen molar-refractivity contribution in [2.75, 3.05) is 5.32 Å².